The first-order chi connectivity index (χ1) is 7.08. The minimum atomic E-state index is 0.707. The van der Waals surface area contributed by atoms with Crippen LogP contribution >= 0.6 is 0 Å². The Morgan fingerprint density at radius 2 is 2.13 bits per heavy atom. The Hall–Kier alpha value is -1.76. The lowest BCUT2D eigenvalue weighted by molar-refractivity contribution is 0.577. The summed E-state index contributed by atoms with van der Waals surface area (Å²) in [5.41, 5.74) is 3.82. The van der Waals surface area contributed by atoms with Gasteiger partial charge in [-0.15, -0.1) is 0 Å². The Morgan fingerprint density at radius 1 is 1.40 bits per heavy atom. The van der Waals surface area contributed by atoms with E-state index in [1.165, 1.54) is 5.56 Å². The van der Waals surface area contributed by atoms with E-state index in [2.05, 4.69) is 26.1 Å². The maximum Gasteiger partial charge on any atom is 0.135 e. The molecule has 0 bridgehead atoms. The van der Waals surface area contributed by atoms with Gasteiger partial charge in [0.2, 0.25) is 0 Å². The molecule has 0 saturated carbocycles. The van der Waals surface area contributed by atoms with E-state index in [9.17, 15) is 0 Å². The predicted molar refractivity (Wildman–Crippen MR) is 65.0 cm³/mol. The summed E-state index contributed by atoms with van der Waals surface area (Å²) >= 11 is 0. The fourth-order valence-electron chi connectivity index (χ4n) is 1.69. The molecule has 0 atom stereocenters. The van der Waals surface area contributed by atoms with Gasteiger partial charge in [0.05, 0.1) is 0 Å². The lowest BCUT2D eigenvalue weighted by atomic mass is 10.1. The van der Waals surface area contributed by atoms with E-state index < -0.39 is 0 Å². The van der Waals surface area contributed by atoms with Crippen molar-refractivity contribution in [3.05, 3.63) is 46.5 Å². The molecule has 1 heteroatoms. The molecule has 0 aliphatic heterocycles. The van der Waals surface area contributed by atoms with E-state index in [1.54, 1.807) is 0 Å². The molecular weight excluding hydrogens is 184 g/mol. The fourth-order valence-corrected chi connectivity index (χ4v) is 1.69. The van der Waals surface area contributed by atoms with Gasteiger partial charge in [-0.3, -0.25) is 0 Å². The lowest BCUT2D eigenvalue weighted by Crippen LogP contribution is -2.17. The molecule has 15 heavy (non-hydrogen) atoms. The van der Waals surface area contributed by atoms with Crippen molar-refractivity contribution < 1.29 is 4.42 Å². The highest BCUT2D eigenvalue weighted by atomic mass is 16.3. The average Bonchev–Trinajstić information content (AvgIpc) is 2.43. The second-order valence-corrected chi connectivity index (χ2v) is 3.93. The third-order valence-electron chi connectivity index (χ3n) is 2.35. The average molecular weight is 198 g/mol. The van der Waals surface area contributed by atoms with Gasteiger partial charge in [0.15, 0.2) is 0 Å². The Kier molecular flexibility index (Phi) is 2.24. The van der Waals surface area contributed by atoms with Gasteiger partial charge in [0, 0.05) is 10.6 Å². The van der Waals surface area contributed by atoms with Gasteiger partial charge in [-0.25, -0.2) is 0 Å². The van der Waals surface area contributed by atoms with Crippen LogP contribution in [-0.2, 0) is 0 Å². The van der Waals surface area contributed by atoms with Crippen molar-refractivity contribution in [2.45, 2.75) is 13.8 Å². The van der Waals surface area contributed by atoms with E-state index in [4.69, 9.17) is 4.42 Å². The van der Waals surface area contributed by atoms with Crippen molar-refractivity contribution in [1.29, 1.82) is 0 Å². The summed E-state index contributed by atoms with van der Waals surface area (Å²) in [5.74, 6) is 0. The Labute approximate surface area is 89.0 Å². The molecule has 0 saturated heterocycles. The summed E-state index contributed by atoms with van der Waals surface area (Å²) in [5, 5.41) is 2.16. The van der Waals surface area contributed by atoms with Gasteiger partial charge in [0.25, 0.3) is 0 Å². The number of fused-ring (bicyclic) bond motifs is 1. The number of hydrogen-bond acceptors (Lipinski definition) is 1. The fraction of sp³-hybridized carbons (Fsp3) is 0.143. The van der Waals surface area contributed by atoms with Crippen molar-refractivity contribution in [2.75, 3.05) is 0 Å². The third kappa shape index (κ3) is 1.73. The topological polar surface area (TPSA) is 13.1 Å². The molecule has 0 unspecified atom stereocenters. The van der Waals surface area contributed by atoms with Crippen molar-refractivity contribution in [3.63, 3.8) is 0 Å². The van der Waals surface area contributed by atoms with Crippen LogP contribution in [0.1, 0.15) is 12.5 Å². The minimum Gasteiger partial charge on any atom is -0.457 e. The Balaban J connectivity index is 2.95. The first-order valence-corrected chi connectivity index (χ1v) is 4.93. The number of rotatable bonds is 1. The quantitative estimate of drug-likeness (QED) is 0.686. The number of allylic oxidation sites excluding steroid dienone is 1. The van der Waals surface area contributed by atoms with E-state index in [1.807, 2.05) is 25.1 Å². The van der Waals surface area contributed by atoms with Gasteiger partial charge in [0.1, 0.15) is 11.0 Å². The number of hydrogen-bond donors (Lipinski definition) is 0. The summed E-state index contributed by atoms with van der Waals surface area (Å²) in [6, 6.07) is 6.13. The predicted octanol–water partition coefficient (Wildman–Crippen LogP) is 2.51. The van der Waals surface area contributed by atoms with E-state index in [-0.39, 0.29) is 0 Å². The molecule has 76 valence electrons. The highest BCUT2D eigenvalue weighted by Gasteiger charge is 2.01. The van der Waals surface area contributed by atoms with Crippen LogP contribution in [0.3, 0.4) is 0 Å². The number of aryl methyl sites for hydroxylation is 1. The first kappa shape index (κ1) is 9.78. The zero-order valence-electron chi connectivity index (χ0n) is 9.13. The standard InChI is InChI=1S/C14H14O/c1-9(2)7-12-11(4)15-14-6-5-10(3)8-13(12)14/h5-8H,1,4H2,2-3H3/b12-7+. The van der Waals surface area contributed by atoms with Crippen LogP contribution in [0.2, 0.25) is 0 Å². The van der Waals surface area contributed by atoms with E-state index in [0.29, 0.717) is 5.42 Å². The Morgan fingerprint density at radius 3 is 2.80 bits per heavy atom. The van der Waals surface area contributed by atoms with Crippen LogP contribution in [0.15, 0.2) is 34.8 Å². The largest absolute Gasteiger partial charge is 0.457 e. The molecule has 2 rings (SSSR count). The zero-order chi connectivity index (χ0) is 11.0. The first-order valence-electron chi connectivity index (χ1n) is 4.93. The normalized spacial score (nSPS) is 12.3. The van der Waals surface area contributed by atoms with Gasteiger partial charge in [-0.1, -0.05) is 30.4 Å². The maximum atomic E-state index is 5.57. The summed E-state index contributed by atoms with van der Waals surface area (Å²) in [6.07, 6.45) is 2.01. The van der Waals surface area contributed by atoms with Crippen LogP contribution in [0.4, 0.5) is 0 Å². The third-order valence-corrected chi connectivity index (χ3v) is 2.35. The molecule has 1 aromatic heterocycles. The number of benzene rings is 1. The monoisotopic (exact) mass is 198 g/mol. The molecule has 0 N–H and O–H groups in total. The van der Waals surface area contributed by atoms with Crippen LogP contribution < -0.4 is 10.6 Å². The summed E-state index contributed by atoms with van der Waals surface area (Å²) in [6.45, 7) is 11.8. The molecule has 0 spiro atoms. The van der Waals surface area contributed by atoms with Gasteiger partial charge >= 0.3 is 0 Å². The summed E-state index contributed by atoms with van der Waals surface area (Å²) in [4.78, 5) is 0. The highest BCUT2D eigenvalue weighted by Crippen LogP contribution is 2.10. The van der Waals surface area contributed by atoms with Gasteiger partial charge in [-0.05, 0) is 32.1 Å². The molecule has 2 aromatic rings. The molecule has 1 nitrogen and oxygen atoms in total. The van der Waals surface area contributed by atoms with Crippen molar-refractivity contribution in [2.24, 2.45) is 0 Å². The van der Waals surface area contributed by atoms with Gasteiger partial charge < -0.3 is 4.42 Å². The summed E-state index contributed by atoms with van der Waals surface area (Å²) < 4.78 is 5.57. The second kappa shape index (κ2) is 3.43. The minimum absolute atomic E-state index is 0.707. The Bertz CT molecular complexity index is 629. The molecule has 0 radical (unpaired) electrons. The van der Waals surface area contributed by atoms with Crippen LogP contribution in [-0.4, -0.2) is 0 Å². The molecule has 0 fully saturated rings. The van der Waals surface area contributed by atoms with E-state index >= 15 is 0 Å². The van der Waals surface area contributed by atoms with Crippen LogP contribution in [0.25, 0.3) is 23.6 Å². The number of furan rings is 1. The molecular formula is C14H14O. The molecule has 1 heterocycles. The SMILES string of the molecule is C=C(C)/C=c1\c(=C)oc2ccc(C)cc12. The van der Waals surface area contributed by atoms with E-state index in [0.717, 1.165) is 21.8 Å². The zero-order valence-corrected chi connectivity index (χ0v) is 9.13. The van der Waals surface area contributed by atoms with Gasteiger partial charge in [-0.2, -0.15) is 0 Å². The summed E-state index contributed by atoms with van der Waals surface area (Å²) in [7, 11) is 0. The van der Waals surface area contributed by atoms with Crippen LogP contribution in [0.5, 0.6) is 0 Å². The van der Waals surface area contributed by atoms with Crippen LogP contribution in [0, 0.1) is 6.92 Å². The van der Waals surface area contributed by atoms with Crippen molar-refractivity contribution >= 4 is 23.6 Å². The highest BCUT2D eigenvalue weighted by molar-refractivity contribution is 5.80. The lowest BCUT2D eigenvalue weighted by Gasteiger charge is -1.91. The second-order valence-electron chi connectivity index (χ2n) is 3.93. The van der Waals surface area contributed by atoms with Crippen molar-refractivity contribution in [3.8, 4) is 0 Å². The maximum absolute atomic E-state index is 5.57. The molecule has 1 aromatic carbocycles. The smallest absolute Gasteiger partial charge is 0.135 e. The van der Waals surface area contributed by atoms with Crippen molar-refractivity contribution in [1.82, 2.24) is 0 Å². The molecule has 0 aliphatic carbocycles. The molecule has 0 aliphatic rings. The molecule has 0 amide bonds.